The number of carboxylic acids is 1. The number of hydrogen-bond acceptors (Lipinski definition) is 8. The van der Waals surface area contributed by atoms with Crippen LogP contribution in [0.4, 0.5) is 10.5 Å². The highest BCUT2D eigenvalue weighted by Crippen LogP contribution is 2.19. The van der Waals surface area contributed by atoms with Crippen LogP contribution in [0.5, 0.6) is 0 Å². The Morgan fingerprint density at radius 1 is 0.609 bits per heavy atom. The van der Waals surface area contributed by atoms with E-state index in [-0.39, 0.29) is 43.1 Å². The van der Waals surface area contributed by atoms with E-state index in [9.17, 15) is 29.1 Å². The minimum absolute atomic E-state index is 0.0191. The molecular weight excluding hydrogens is 592 g/mol. The van der Waals surface area contributed by atoms with E-state index >= 15 is 0 Å². The van der Waals surface area contributed by atoms with Gasteiger partial charge in [0, 0.05) is 12.1 Å². The van der Waals surface area contributed by atoms with Crippen molar-refractivity contribution in [2.75, 3.05) is 5.32 Å². The van der Waals surface area contributed by atoms with Crippen LogP contribution in [0.1, 0.15) is 50.2 Å². The van der Waals surface area contributed by atoms with Crippen LogP contribution in [0.25, 0.3) is 0 Å². The highest BCUT2D eigenvalue weighted by molar-refractivity contribution is 6.01. The largest absolute Gasteiger partial charge is 0.481 e. The fourth-order valence-corrected chi connectivity index (χ4v) is 4.22. The van der Waals surface area contributed by atoms with E-state index in [0.717, 1.165) is 11.1 Å². The van der Waals surface area contributed by atoms with Gasteiger partial charge >= 0.3 is 24.0 Å². The molecule has 0 aliphatic rings. The molecule has 0 aliphatic heterocycles. The van der Waals surface area contributed by atoms with Crippen LogP contribution in [-0.2, 0) is 43.6 Å². The first-order valence-electron chi connectivity index (χ1n) is 14.3. The SMILES string of the molecule is O=C(O)CC[C@H](NC(=O)OCc1ccccc1)C(=O)Nc1cc(C(=O)OCc2ccccc2)cc(C(=O)OCc2ccccc2)c1. The number of anilines is 1. The molecule has 2 amide bonds. The number of aliphatic carboxylic acids is 1. The molecule has 11 nitrogen and oxygen atoms in total. The van der Waals surface area contributed by atoms with Crippen LogP contribution in [0.2, 0.25) is 0 Å². The predicted octanol–water partition coefficient (Wildman–Crippen LogP) is 5.50. The predicted molar refractivity (Wildman–Crippen MR) is 167 cm³/mol. The summed E-state index contributed by atoms with van der Waals surface area (Å²) < 4.78 is 16.0. The number of rotatable bonds is 14. The topological polar surface area (TPSA) is 157 Å². The maximum atomic E-state index is 13.3. The molecule has 4 aromatic rings. The third kappa shape index (κ3) is 10.6. The summed E-state index contributed by atoms with van der Waals surface area (Å²) in [6, 6.07) is 29.4. The molecule has 4 aromatic carbocycles. The van der Waals surface area contributed by atoms with E-state index < -0.39 is 42.4 Å². The van der Waals surface area contributed by atoms with Crippen LogP contribution in [0.3, 0.4) is 0 Å². The molecule has 0 saturated heterocycles. The number of carbonyl (C=O) groups excluding carboxylic acids is 4. The maximum Gasteiger partial charge on any atom is 0.408 e. The Morgan fingerprint density at radius 3 is 1.48 bits per heavy atom. The van der Waals surface area contributed by atoms with Crippen LogP contribution >= 0.6 is 0 Å². The van der Waals surface area contributed by atoms with Gasteiger partial charge in [-0.15, -0.1) is 0 Å². The van der Waals surface area contributed by atoms with E-state index in [1.54, 1.807) is 72.8 Å². The Morgan fingerprint density at radius 2 is 1.04 bits per heavy atom. The average Bonchev–Trinajstić information content (AvgIpc) is 3.08. The molecule has 11 heteroatoms. The summed E-state index contributed by atoms with van der Waals surface area (Å²) in [7, 11) is 0. The monoisotopic (exact) mass is 624 g/mol. The van der Waals surface area contributed by atoms with Crippen molar-refractivity contribution in [3.05, 3.63) is 137 Å². The molecule has 1 atom stereocenters. The third-order valence-electron chi connectivity index (χ3n) is 6.57. The summed E-state index contributed by atoms with van der Waals surface area (Å²) in [5.41, 5.74) is 2.14. The summed E-state index contributed by atoms with van der Waals surface area (Å²) >= 11 is 0. The zero-order valence-corrected chi connectivity index (χ0v) is 24.7. The minimum atomic E-state index is -1.32. The third-order valence-corrected chi connectivity index (χ3v) is 6.57. The van der Waals surface area contributed by atoms with Crippen LogP contribution < -0.4 is 10.6 Å². The number of carbonyl (C=O) groups is 5. The Bertz CT molecular complexity index is 1570. The molecule has 46 heavy (non-hydrogen) atoms. The summed E-state index contributed by atoms with van der Waals surface area (Å²) in [4.78, 5) is 63.2. The molecule has 236 valence electrons. The lowest BCUT2D eigenvalue weighted by Crippen LogP contribution is -2.44. The van der Waals surface area contributed by atoms with Gasteiger partial charge in [0.25, 0.3) is 0 Å². The minimum Gasteiger partial charge on any atom is -0.481 e. The number of hydrogen-bond donors (Lipinski definition) is 3. The molecule has 0 unspecified atom stereocenters. The van der Waals surface area contributed by atoms with Crippen LogP contribution in [0, 0.1) is 0 Å². The second-order valence-electron chi connectivity index (χ2n) is 10.1. The zero-order chi connectivity index (χ0) is 32.7. The van der Waals surface area contributed by atoms with Crippen molar-refractivity contribution < 1.29 is 43.3 Å². The number of alkyl carbamates (subject to hydrolysis) is 1. The van der Waals surface area contributed by atoms with Gasteiger partial charge in [-0.2, -0.15) is 0 Å². The second kappa shape index (κ2) is 16.8. The smallest absolute Gasteiger partial charge is 0.408 e. The first kappa shape index (κ1) is 32.9. The molecule has 0 aliphatic carbocycles. The first-order valence-corrected chi connectivity index (χ1v) is 14.3. The van der Waals surface area contributed by atoms with Gasteiger partial charge in [-0.1, -0.05) is 91.0 Å². The highest BCUT2D eigenvalue weighted by Gasteiger charge is 2.24. The molecule has 0 aromatic heterocycles. The Kier molecular flexibility index (Phi) is 12.0. The molecule has 0 bridgehead atoms. The van der Waals surface area contributed by atoms with Gasteiger partial charge in [0.2, 0.25) is 5.91 Å². The lowest BCUT2D eigenvalue weighted by atomic mass is 10.1. The van der Waals surface area contributed by atoms with Gasteiger partial charge in [0.15, 0.2) is 0 Å². The van der Waals surface area contributed by atoms with Gasteiger partial charge in [-0.25, -0.2) is 14.4 Å². The molecular formula is C35H32N2O9. The Balaban J connectivity index is 1.51. The van der Waals surface area contributed by atoms with E-state index in [1.807, 2.05) is 18.2 Å². The number of amides is 2. The van der Waals surface area contributed by atoms with E-state index in [0.29, 0.717) is 5.56 Å². The molecule has 0 heterocycles. The number of benzene rings is 4. The second-order valence-corrected chi connectivity index (χ2v) is 10.1. The fourth-order valence-electron chi connectivity index (χ4n) is 4.22. The van der Waals surface area contributed by atoms with Crippen molar-refractivity contribution in [2.45, 2.75) is 38.7 Å². The number of ether oxygens (including phenoxy) is 3. The van der Waals surface area contributed by atoms with Crippen LogP contribution in [-0.4, -0.2) is 41.1 Å². The van der Waals surface area contributed by atoms with E-state index in [4.69, 9.17) is 14.2 Å². The van der Waals surface area contributed by atoms with Crippen molar-refractivity contribution in [3.63, 3.8) is 0 Å². The van der Waals surface area contributed by atoms with Crippen molar-refractivity contribution in [1.82, 2.24) is 5.32 Å². The summed E-state index contributed by atoms with van der Waals surface area (Å²) in [5, 5.41) is 14.2. The lowest BCUT2D eigenvalue weighted by molar-refractivity contribution is -0.137. The molecule has 0 spiro atoms. The van der Waals surface area contributed by atoms with E-state index in [2.05, 4.69) is 10.6 Å². The molecule has 3 N–H and O–H groups in total. The van der Waals surface area contributed by atoms with Crippen molar-refractivity contribution >= 4 is 35.6 Å². The normalized spacial score (nSPS) is 11.0. The fraction of sp³-hybridized carbons (Fsp3) is 0.171. The molecule has 0 radical (unpaired) electrons. The van der Waals surface area contributed by atoms with Crippen molar-refractivity contribution in [1.29, 1.82) is 0 Å². The molecule has 0 saturated carbocycles. The van der Waals surface area contributed by atoms with Crippen molar-refractivity contribution in [3.8, 4) is 0 Å². The van der Waals surface area contributed by atoms with E-state index in [1.165, 1.54) is 18.2 Å². The van der Waals surface area contributed by atoms with Crippen LogP contribution in [0.15, 0.2) is 109 Å². The number of esters is 2. The zero-order valence-electron chi connectivity index (χ0n) is 24.7. The molecule has 0 fully saturated rings. The van der Waals surface area contributed by atoms with Gasteiger partial charge < -0.3 is 30.0 Å². The average molecular weight is 625 g/mol. The van der Waals surface area contributed by atoms with Gasteiger partial charge in [-0.3, -0.25) is 9.59 Å². The van der Waals surface area contributed by atoms with Crippen molar-refractivity contribution in [2.24, 2.45) is 0 Å². The Labute approximate surface area is 265 Å². The summed E-state index contributed by atoms with van der Waals surface area (Å²) in [6.45, 7) is -0.131. The van der Waals surface area contributed by atoms with Gasteiger partial charge in [0.1, 0.15) is 25.9 Å². The van der Waals surface area contributed by atoms with Gasteiger partial charge in [-0.05, 0) is 41.3 Å². The maximum absolute atomic E-state index is 13.3. The standard InChI is InChI=1S/C35H32N2O9/c38-31(39)17-16-30(37-35(43)46-23-26-14-8-3-9-15-26)32(40)36-29-19-27(33(41)44-21-24-10-4-1-5-11-24)18-28(20-29)34(42)45-22-25-12-6-2-7-13-25/h1-15,18-20,30H,16-17,21-23H2,(H,36,40)(H,37,43)(H,38,39)/t30-/m0/s1. The Hall–Kier alpha value is -5.97. The lowest BCUT2D eigenvalue weighted by Gasteiger charge is -2.18. The molecule has 4 rings (SSSR count). The summed E-state index contributed by atoms with van der Waals surface area (Å²) in [6.07, 6.45) is -1.62. The number of nitrogens with one attached hydrogen (secondary N) is 2. The number of carboxylic acid groups (broad SMARTS) is 1. The highest BCUT2D eigenvalue weighted by atomic mass is 16.5. The first-order chi connectivity index (χ1) is 22.3. The summed E-state index contributed by atoms with van der Waals surface area (Å²) in [5.74, 6) is -3.50. The quantitative estimate of drug-likeness (QED) is 0.122. The van der Waals surface area contributed by atoms with Gasteiger partial charge in [0.05, 0.1) is 11.1 Å².